The molecule has 2 heteroatoms. The number of hydrogen-bond donors (Lipinski definition) is 0. The summed E-state index contributed by atoms with van der Waals surface area (Å²) in [5.41, 5.74) is 2.69. The fourth-order valence-electron chi connectivity index (χ4n) is 4.76. The van der Waals surface area contributed by atoms with E-state index in [2.05, 4.69) is 50.3 Å². The van der Waals surface area contributed by atoms with Crippen molar-refractivity contribution >= 4 is 10.8 Å². The average molecular weight is 437 g/mol. The second-order valence-corrected chi connectivity index (χ2v) is 9.27. The maximum Gasteiger partial charge on any atom is 0.131 e. The molecule has 0 aromatic heterocycles. The van der Waals surface area contributed by atoms with Gasteiger partial charge < -0.3 is 9.47 Å². The quantitative estimate of drug-likeness (QED) is 0.193. The first kappa shape index (κ1) is 24.7. The first-order valence-corrected chi connectivity index (χ1v) is 13.3. The minimum absolute atomic E-state index is 0.810. The number of fused-ring (bicyclic) bond motifs is 2. The van der Waals surface area contributed by atoms with Gasteiger partial charge >= 0.3 is 0 Å². The smallest absolute Gasteiger partial charge is 0.131 e. The Balaban J connectivity index is 1.69. The molecule has 0 fully saturated rings. The van der Waals surface area contributed by atoms with Crippen molar-refractivity contribution in [2.24, 2.45) is 0 Å². The molecule has 32 heavy (non-hydrogen) atoms. The summed E-state index contributed by atoms with van der Waals surface area (Å²) < 4.78 is 12.9. The van der Waals surface area contributed by atoms with E-state index in [0.717, 1.165) is 50.4 Å². The zero-order chi connectivity index (χ0) is 22.4. The van der Waals surface area contributed by atoms with E-state index in [-0.39, 0.29) is 0 Å². The van der Waals surface area contributed by atoms with Gasteiger partial charge in [-0.3, -0.25) is 0 Å². The van der Waals surface area contributed by atoms with Crippen molar-refractivity contribution < 1.29 is 9.47 Å². The Morgan fingerprint density at radius 1 is 0.562 bits per heavy atom. The van der Waals surface area contributed by atoms with E-state index in [9.17, 15) is 0 Å². The highest BCUT2D eigenvalue weighted by atomic mass is 16.5. The molecule has 0 saturated heterocycles. The molecule has 0 N–H and O–H groups in total. The zero-order valence-electron chi connectivity index (χ0n) is 20.6. The van der Waals surface area contributed by atoms with Crippen LogP contribution >= 0.6 is 0 Å². The second kappa shape index (κ2) is 14.2. The third-order valence-electron chi connectivity index (χ3n) is 6.63. The lowest BCUT2D eigenvalue weighted by molar-refractivity contribution is 0.297. The Hall–Kier alpha value is -1.96. The number of hydrogen-bond acceptors (Lipinski definition) is 2. The van der Waals surface area contributed by atoms with Crippen LogP contribution < -0.4 is 9.47 Å². The average Bonchev–Trinajstić information content (AvgIpc) is 2.83. The van der Waals surface area contributed by atoms with Gasteiger partial charge in [0, 0.05) is 21.9 Å². The summed E-state index contributed by atoms with van der Waals surface area (Å²) in [6.07, 6.45) is 21.9. The fourth-order valence-corrected chi connectivity index (χ4v) is 4.76. The van der Waals surface area contributed by atoms with Gasteiger partial charge in [0.25, 0.3) is 0 Å². The summed E-state index contributed by atoms with van der Waals surface area (Å²) >= 11 is 0. The first-order valence-electron chi connectivity index (χ1n) is 13.3. The van der Waals surface area contributed by atoms with E-state index in [1.807, 2.05) is 0 Å². The van der Waals surface area contributed by atoms with Gasteiger partial charge in [0.2, 0.25) is 0 Å². The molecular formula is C30H44O2. The molecule has 0 atom stereocenters. The maximum absolute atomic E-state index is 6.47. The number of ether oxygens (including phenoxy) is 2. The van der Waals surface area contributed by atoms with E-state index in [1.54, 1.807) is 0 Å². The zero-order valence-corrected chi connectivity index (χ0v) is 20.6. The molecule has 2 nitrogen and oxygen atoms in total. The Labute approximate surface area is 196 Å². The topological polar surface area (TPSA) is 18.5 Å². The van der Waals surface area contributed by atoms with Crippen LogP contribution in [0.4, 0.5) is 0 Å². The molecule has 176 valence electrons. The first-order chi connectivity index (χ1) is 15.9. The van der Waals surface area contributed by atoms with Crippen molar-refractivity contribution in [1.82, 2.24) is 0 Å². The Morgan fingerprint density at radius 2 is 0.969 bits per heavy atom. The van der Waals surface area contributed by atoms with Crippen LogP contribution in [0.5, 0.6) is 11.5 Å². The van der Waals surface area contributed by atoms with Gasteiger partial charge in [0.05, 0.1) is 13.2 Å². The number of benzene rings is 2. The fraction of sp³-hybridized carbons (Fsp3) is 0.600. The van der Waals surface area contributed by atoms with Gasteiger partial charge in [-0.2, -0.15) is 0 Å². The van der Waals surface area contributed by atoms with Gasteiger partial charge in [-0.1, -0.05) is 114 Å². The van der Waals surface area contributed by atoms with Crippen LogP contribution in [-0.4, -0.2) is 13.2 Å². The lowest BCUT2D eigenvalue weighted by Crippen LogP contribution is -2.09. The summed E-state index contributed by atoms with van der Waals surface area (Å²) in [5.74, 6) is 2.20. The van der Waals surface area contributed by atoms with Crippen molar-refractivity contribution in [3.63, 3.8) is 0 Å². The molecule has 2 aromatic carbocycles. The molecular weight excluding hydrogens is 392 g/mol. The van der Waals surface area contributed by atoms with Gasteiger partial charge in [0.1, 0.15) is 11.5 Å². The lowest BCUT2D eigenvalue weighted by Gasteiger charge is -2.23. The SMILES string of the molecule is CCCCCCCCOc1c2c(c(OCCCCCCCC)c3ccccc13)CC=CC2. The highest BCUT2D eigenvalue weighted by Crippen LogP contribution is 2.43. The van der Waals surface area contributed by atoms with Crippen molar-refractivity contribution in [2.45, 2.75) is 104 Å². The summed E-state index contributed by atoms with van der Waals surface area (Å²) in [4.78, 5) is 0. The summed E-state index contributed by atoms with van der Waals surface area (Å²) in [7, 11) is 0. The Morgan fingerprint density at radius 3 is 1.41 bits per heavy atom. The summed E-state index contributed by atoms with van der Waals surface area (Å²) in [6, 6.07) is 8.68. The van der Waals surface area contributed by atoms with Crippen molar-refractivity contribution in [2.75, 3.05) is 13.2 Å². The molecule has 1 aliphatic carbocycles. The minimum Gasteiger partial charge on any atom is -0.493 e. The van der Waals surface area contributed by atoms with Crippen molar-refractivity contribution in [1.29, 1.82) is 0 Å². The molecule has 0 bridgehead atoms. The highest BCUT2D eigenvalue weighted by molar-refractivity contribution is 5.96. The van der Waals surface area contributed by atoms with Gasteiger partial charge in [-0.15, -0.1) is 0 Å². The van der Waals surface area contributed by atoms with E-state index in [1.165, 1.54) is 86.1 Å². The van der Waals surface area contributed by atoms with Crippen LogP contribution in [0.25, 0.3) is 10.8 Å². The molecule has 0 heterocycles. The van der Waals surface area contributed by atoms with E-state index in [4.69, 9.17) is 9.47 Å². The Bertz CT molecular complexity index is 768. The van der Waals surface area contributed by atoms with Crippen LogP contribution in [0.2, 0.25) is 0 Å². The molecule has 0 saturated carbocycles. The molecule has 2 aromatic rings. The van der Waals surface area contributed by atoms with Crippen LogP contribution in [0.15, 0.2) is 36.4 Å². The molecule has 0 unspecified atom stereocenters. The van der Waals surface area contributed by atoms with Crippen LogP contribution in [0.3, 0.4) is 0 Å². The summed E-state index contributed by atoms with van der Waals surface area (Å²) in [6.45, 7) is 6.16. The van der Waals surface area contributed by atoms with Gasteiger partial charge in [0.15, 0.2) is 0 Å². The third kappa shape index (κ3) is 7.02. The van der Waals surface area contributed by atoms with E-state index in [0.29, 0.717) is 0 Å². The van der Waals surface area contributed by atoms with Gasteiger partial charge in [-0.25, -0.2) is 0 Å². The monoisotopic (exact) mass is 436 g/mol. The van der Waals surface area contributed by atoms with Crippen molar-refractivity contribution in [3.8, 4) is 11.5 Å². The summed E-state index contributed by atoms with van der Waals surface area (Å²) in [5, 5.41) is 2.43. The van der Waals surface area contributed by atoms with Crippen LogP contribution in [0.1, 0.15) is 102 Å². The van der Waals surface area contributed by atoms with Crippen molar-refractivity contribution in [3.05, 3.63) is 47.5 Å². The molecule has 1 aliphatic rings. The second-order valence-electron chi connectivity index (χ2n) is 9.27. The van der Waals surface area contributed by atoms with E-state index < -0.39 is 0 Å². The largest absolute Gasteiger partial charge is 0.493 e. The highest BCUT2D eigenvalue weighted by Gasteiger charge is 2.21. The molecule has 0 aliphatic heterocycles. The molecule has 0 amide bonds. The minimum atomic E-state index is 0.810. The normalized spacial score (nSPS) is 12.8. The number of unbranched alkanes of at least 4 members (excludes halogenated alkanes) is 10. The predicted molar refractivity (Wildman–Crippen MR) is 138 cm³/mol. The number of rotatable bonds is 16. The molecule has 3 rings (SSSR count). The van der Waals surface area contributed by atoms with Gasteiger partial charge in [-0.05, 0) is 25.7 Å². The lowest BCUT2D eigenvalue weighted by atomic mass is 9.90. The van der Waals surface area contributed by atoms with Crippen LogP contribution in [0, 0.1) is 0 Å². The Kier molecular flexibility index (Phi) is 11.0. The predicted octanol–water partition coefficient (Wildman–Crippen LogP) is 8.97. The standard InChI is InChI=1S/C30H44O2/c1-3-5-7-9-11-17-23-31-29-25-19-13-15-21-27(25)30(28-22-16-14-20-26(28)29)32-24-18-12-10-8-6-4-2/h13-16,19,21H,3-12,17-18,20,22-24H2,1-2H3. The molecule has 0 radical (unpaired) electrons. The number of allylic oxidation sites excluding steroid dienone is 2. The maximum atomic E-state index is 6.47. The molecule has 0 spiro atoms. The van der Waals surface area contributed by atoms with E-state index >= 15 is 0 Å². The third-order valence-corrected chi connectivity index (χ3v) is 6.63. The van der Waals surface area contributed by atoms with Crippen LogP contribution in [-0.2, 0) is 12.8 Å².